The first-order chi connectivity index (χ1) is 23.1. The molecule has 0 unspecified atom stereocenters. The first kappa shape index (κ1) is 43.2. The maximum Gasteiger partial charge on any atom is 0.224 e. The van der Waals surface area contributed by atoms with Crippen molar-refractivity contribution >= 4 is 23.2 Å². The van der Waals surface area contributed by atoms with Crippen molar-refractivity contribution in [2.75, 3.05) is 10.6 Å². The van der Waals surface area contributed by atoms with Crippen LogP contribution in [0.1, 0.15) is 225 Å². The Morgan fingerprint density at radius 3 is 1.06 bits per heavy atom. The Kier molecular flexibility index (Phi) is 30.0. The monoisotopic (exact) mass is 655 g/mol. The molecule has 0 fully saturated rings. The van der Waals surface area contributed by atoms with E-state index >= 15 is 0 Å². The second kappa shape index (κ2) is 32.7. The second-order valence-electron chi connectivity index (χ2n) is 14.5. The van der Waals surface area contributed by atoms with Crippen molar-refractivity contribution in [3.8, 4) is 0 Å². The number of aryl methyl sites for hydroxylation is 1. The number of hydrogen-bond donors (Lipinski definition) is 2. The Bertz CT molecular complexity index is 867. The maximum atomic E-state index is 12.6. The van der Waals surface area contributed by atoms with Crippen LogP contribution in [0, 0.1) is 6.92 Å². The van der Waals surface area contributed by atoms with Gasteiger partial charge in [-0.1, -0.05) is 200 Å². The Morgan fingerprint density at radius 1 is 0.426 bits per heavy atom. The lowest BCUT2D eigenvalue weighted by Crippen LogP contribution is -2.14. The molecule has 1 rings (SSSR count). The van der Waals surface area contributed by atoms with Crippen molar-refractivity contribution in [1.82, 2.24) is 0 Å². The lowest BCUT2D eigenvalue weighted by atomic mass is 10.0. The van der Waals surface area contributed by atoms with E-state index in [0.29, 0.717) is 12.8 Å². The third-order valence-electron chi connectivity index (χ3n) is 9.81. The zero-order valence-corrected chi connectivity index (χ0v) is 31.7. The van der Waals surface area contributed by atoms with Gasteiger partial charge < -0.3 is 10.6 Å². The molecular weight excluding hydrogens is 576 g/mol. The number of amides is 2. The van der Waals surface area contributed by atoms with Crippen LogP contribution >= 0.6 is 0 Å². The van der Waals surface area contributed by atoms with Crippen molar-refractivity contribution in [2.24, 2.45) is 0 Å². The number of benzene rings is 1. The van der Waals surface area contributed by atoms with E-state index in [4.69, 9.17) is 0 Å². The molecular formula is C43H78N2O2. The van der Waals surface area contributed by atoms with Gasteiger partial charge in [-0.2, -0.15) is 0 Å². The van der Waals surface area contributed by atoms with Gasteiger partial charge >= 0.3 is 0 Å². The fraction of sp³-hybridized carbons (Fsp3) is 0.814. The van der Waals surface area contributed by atoms with Gasteiger partial charge in [-0.05, 0) is 37.5 Å². The topological polar surface area (TPSA) is 58.2 Å². The molecule has 0 saturated carbocycles. The molecule has 2 amide bonds. The van der Waals surface area contributed by atoms with Crippen LogP contribution in [-0.2, 0) is 9.59 Å². The summed E-state index contributed by atoms with van der Waals surface area (Å²) in [6, 6.07) is 5.82. The van der Waals surface area contributed by atoms with Crippen LogP contribution < -0.4 is 10.6 Å². The van der Waals surface area contributed by atoms with E-state index in [2.05, 4.69) is 24.5 Å². The van der Waals surface area contributed by atoms with Crippen molar-refractivity contribution in [3.63, 3.8) is 0 Å². The van der Waals surface area contributed by atoms with Gasteiger partial charge in [0.05, 0.1) is 0 Å². The Balaban J connectivity index is 2.03. The van der Waals surface area contributed by atoms with E-state index in [1.54, 1.807) is 0 Å². The third kappa shape index (κ3) is 27.8. The zero-order chi connectivity index (χ0) is 34.0. The van der Waals surface area contributed by atoms with Crippen molar-refractivity contribution < 1.29 is 9.59 Å². The molecule has 0 atom stereocenters. The predicted octanol–water partition coefficient (Wildman–Crippen LogP) is 14.4. The molecule has 2 N–H and O–H groups in total. The molecule has 47 heavy (non-hydrogen) atoms. The average molecular weight is 655 g/mol. The highest BCUT2D eigenvalue weighted by atomic mass is 16.2. The first-order valence-corrected chi connectivity index (χ1v) is 20.8. The minimum absolute atomic E-state index is 0.0682. The minimum atomic E-state index is 0.0682. The van der Waals surface area contributed by atoms with E-state index in [0.717, 1.165) is 42.6 Å². The summed E-state index contributed by atoms with van der Waals surface area (Å²) in [6.07, 6.45) is 40.9. The summed E-state index contributed by atoms with van der Waals surface area (Å²) in [5.74, 6) is 0.141. The largest absolute Gasteiger partial charge is 0.326 e. The SMILES string of the molecule is CCCCCCCCCCCCCCCCCC(=O)Nc1ccc(C)c(NC(=O)CCCCCCCCCCCCCCCCC)c1. The predicted molar refractivity (Wildman–Crippen MR) is 208 cm³/mol. The van der Waals surface area contributed by atoms with E-state index in [1.165, 1.54) is 167 Å². The standard InChI is InChI=1S/C43H78N2O2/c1-4-6-8-10-12-14-16-18-20-22-24-26-28-30-32-34-42(46)44-40-37-36-39(3)41(38-40)45-43(47)35-33-31-29-27-25-23-21-19-17-15-13-11-9-7-5-2/h36-38H,4-35H2,1-3H3,(H,44,46)(H,45,47). The third-order valence-corrected chi connectivity index (χ3v) is 9.81. The van der Waals surface area contributed by atoms with Crippen LogP contribution in [0.4, 0.5) is 11.4 Å². The molecule has 4 nitrogen and oxygen atoms in total. The van der Waals surface area contributed by atoms with Crippen molar-refractivity contribution in [2.45, 2.75) is 226 Å². The average Bonchev–Trinajstić information content (AvgIpc) is 3.06. The summed E-state index contributed by atoms with van der Waals surface area (Å²) in [6.45, 7) is 6.57. The second-order valence-corrected chi connectivity index (χ2v) is 14.5. The molecule has 0 heterocycles. The van der Waals surface area contributed by atoms with Gasteiger partial charge in [0.15, 0.2) is 0 Å². The molecule has 1 aromatic rings. The van der Waals surface area contributed by atoms with E-state index in [9.17, 15) is 9.59 Å². The van der Waals surface area contributed by atoms with Crippen LogP contribution in [0.25, 0.3) is 0 Å². The molecule has 4 heteroatoms. The molecule has 0 spiro atoms. The maximum absolute atomic E-state index is 12.6. The van der Waals surface area contributed by atoms with Crippen molar-refractivity contribution in [3.05, 3.63) is 23.8 Å². The van der Waals surface area contributed by atoms with Gasteiger partial charge in [0.1, 0.15) is 0 Å². The molecule has 1 aromatic carbocycles. The quantitative estimate of drug-likeness (QED) is 0.0727. The van der Waals surface area contributed by atoms with Gasteiger partial charge in [0, 0.05) is 24.2 Å². The molecule has 0 bridgehead atoms. The van der Waals surface area contributed by atoms with Gasteiger partial charge in [-0.15, -0.1) is 0 Å². The molecule has 272 valence electrons. The highest BCUT2D eigenvalue weighted by Crippen LogP contribution is 2.22. The molecule has 0 radical (unpaired) electrons. The number of nitrogens with one attached hydrogen (secondary N) is 2. The van der Waals surface area contributed by atoms with Crippen LogP contribution in [0.3, 0.4) is 0 Å². The van der Waals surface area contributed by atoms with Crippen LogP contribution in [-0.4, -0.2) is 11.8 Å². The zero-order valence-electron chi connectivity index (χ0n) is 31.7. The van der Waals surface area contributed by atoms with E-state index < -0.39 is 0 Å². The highest BCUT2D eigenvalue weighted by molar-refractivity contribution is 5.94. The van der Waals surface area contributed by atoms with Gasteiger partial charge in [0.25, 0.3) is 0 Å². The fourth-order valence-corrected chi connectivity index (χ4v) is 6.58. The number of hydrogen-bond acceptors (Lipinski definition) is 2. The fourth-order valence-electron chi connectivity index (χ4n) is 6.58. The van der Waals surface area contributed by atoms with Crippen LogP contribution in [0.2, 0.25) is 0 Å². The summed E-state index contributed by atoms with van der Waals surface area (Å²) in [5.41, 5.74) is 2.60. The van der Waals surface area contributed by atoms with Gasteiger partial charge in [-0.25, -0.2) is 0 Å². The van der Waals surface area contributed by atoms with Gasteiger partial charge in [0.2, 0.25) is 11.8 Å². The van der Waals surface area contributed by atoms with Crippen LogP contribution in [0.15, 0.2) is 18.2 Å². The first-order valence-electron chi connectivity index (χ1n) is 20.8. The molecule has 0 aliphatic carbocycles. The van der Waals surface area contributed by atoms with E-state index in [-0.39, 0.29) is 11.8 Å². The normalized spacial score (nSPS) is 11.2. The van der Waals surface area contributed by atoms with Crippen molar-refractivity contribution in [1.29, 1.82) is 0 Å². The Morgan fingerprint density at radius 2 is 0.723 bits per heavy atom. The Hall–Kier alpha value is -1.84. The summed E-state index contributed by atoms with van der Waals surface area (Å²) >= 11 is 0. The lowest BCUT2D eigenvalue weighted by Gasteiger charge is -2.12. The van der Waals surface area contributed by atoms with Gasteiger partial charge in [-0.3, -0.25) is 9.59 Å². The molecule has 0 aromatic heterocycles. The van der Waals surface area contributed by atoms with Crippen LogP contribution in [0.5, 0.6) is 0 Å². The Labute approximate surface area is 292 Å². The summed E-state index contributed by atoms with van der Waals surface area (Å²) in [7, 11) is 0. The lowest BCUT2D eigenvalue weighted by molar-refractivity contribution is -0.117. The highest BCUT2D eigenvalue weighted by Gasteiger charge is 2.08. The number of carbonyl (C=O) groups is 2. The summed E-state index contributed by atoms with van der Waals surface area (Å²) in [5, 5.41) is 6.13. The molecule has 0 saturated heterocycles. The smallest absolute Gasteiger partial charge is 0.224 e. The number of unbranched alkanes of at least 4 members (excludes halogenated alkanes) is 28. The number of carbonyl (C=O) groups excluding carboxylic acids is 2. The van der Waals surface area contributed by atoms with E-state index in [1.807, 2.05) is 25.1 Å². The number of anilines is 2. The molecule has 0 aliphatic heterocycles. The summed E-state index contributed by atoms with van der Waals surface area (Å²) in [4.78, 5) is 25.1. The molecule has 0 aliphatic rings. The number of rotatable bonds is 34. The minimum Gasteiger partial charge on any atom is -0.326 e. The summed E-state index contributed by atoms with van der Waals surface area (Å²) < 4.78 is 0.